The van der Waals surface area contributed by atoms with E-state index in [1.807, 2.05) is 0 Å². The lowest BCUT2D eigenvalue weighted by atomic mass is 9.97. The summed E-state index contributed by atoms with van der Waals surface area (Å²) >= 11 is 0. The number of aliphatic hydroxyl groups excluding tert-OH is 7. The molecule has 0 aromatic heterocycles. The molecule has 2 fully saturated rings. The van der Waals surface area contributed by atoms with Gasteiger partial charge in [-0.3, -0.25) is 5.26 Å². The topological polar surface area (TPSA) is 199 Å². The molecule has 142 valence electrons. The Balaban J connectivity index is 2.12. The van der Waals surface area contributed by atoms with E-state index < -0.39 is 74.6 Å². The maximum Gasteiger partial charge on any atom is 0.187 e. The van der Waals surface area contributed by atoms with Gasteiger partial charge in [0.2, 0.25) is 0 Å². The SMILES string of the molecule is OC[C@H]1O[C@@H](O)[C@H](O)[C@@H](O)[C@@H]1O[C@@H]1O[C@H](CO)[C@@H](OO)[C@H](O)[C@H]1O. The molecule has 2 rings (SSSR count). The quantitative estimate of drug-likeness (QED) is 0.172. The van der Waals surface area contributed by atoms with Gasteiger partial charge in [0.25, 0.3) is 0 Å². The largest absolute Gasteiger partial charge is 0.394 e. The van der Waals surface area contributed by atoms with Gasteiger partial charge in [-0.25, -0.2) is 4.89 Å². The number of hydrogen-bond acceptors (Lipinski definition) is 12. The van der Waals surface area contributed by atoms with Crippen LogP contribution in [0, 0.1) is 0 Å². The summed E-state index contributed by atoms with van der Waals surface area (Å²) in [5, 5.41) is 76.0. The predicted molar refractivity (Wildman–Crippen MR) is 70.1 cm³/mol. The summed E-state index contributed by atoms with van der Waals surface area (Å²) in [4.78, 5) is 3.97. The van der Waals surface area contributed by atoms with Gasteiger partial charge in [0.1, 0.15) is 48.8 Å². The number of hydrogen-bond donors (Lipinski definition) is 8. The van der Waals surface area contributed by atoms with Crippen LogP contribution in [0.5, 0.6) is 0 Å². The highest BCUT2D eigenvalue weighted by Crippen LogP contribution is 2.29. The lowest BCUT2D eigenvalue weighted by Crippen LogP contribution is -2.64. The molecule has 0 spiro atoms. The first kappa shape index (κ1) is 19.8. The van der Waals surface area contributed by atoms with E-state index in [1.54, 1.807) is 0 Å². The van der Waals surface area contributed by atoms with E-state index in [-0.39, 0.29) is 0 Å². The van der Waals surface area contributed by atoms with Gasteiger partial charge >= 0.3 is 0 Å². The third-order valence-electron chi connectivity index (χ3n) is 4.07. The monoisotopic (exact) mass is 358 g/mol. The van der Waals surface area contributed by atoms with Gasteiger partial charge in [0.05, 0.1) is 13.2 Å². The van der Waals surface area contributed by atoms with Crippen LogP contribution in [-0.4, -0.2) is 116 Å². The summed E-state index contributed by atoms with van der Waals surface area (Å²) in [5.41, 5.74) is 0. The van der Waals surface area contributed by atoms with Crippen molar-refractivity contribution in [2.24, 2.45) is 0 Å². The fourth-order valence-electron chi connectivity index (χ4n) is 2.69. The van der Waals surface area contributed by atoms with E-state index in [1.165, 1.54) is 0 Å². The molecule has 8 N–H and O–H groups in total. The molecule has 0 radical (unpaired) electrons. The van der Waals surface area contributed by atoms with Crippen molar-refractivity contribution in [3.63, 3.8) is 0 Å². The smallest absolute Gasteiger partial charge is 0.187 e. The summed E-state index contributed by atoms with van der Waals surface area (Å²) in [7, 11) is 0. The third-order valence-corrected chi connectivity index (χ3v) is 4.07. The van der Waals surface area contributed by atoms with Gasteiger partial charge in [-0.05, 0) is 0 Å². The molecular weight excluding hydrogens is 336 g/mol. The van der Waals surface area contributed by atoms with Crippen LogP contribution in [0.3, 0.4) is 0 Å². The molecule has 0 aromatic rings. The van der Waals surface area contributed by atoms with E-state index >= 15 is 0 Å². The second kappa shape index (κ2) is 8.27. The molecular formula is C12H22O12. The van der Waals surface area contributed by atoms with E-state index in [0.29, 0.717) is 0 Å². The van der Waals surface area contributed by atoms with Crippen molar-refractivity contribution >= 4 is 0 Å². The molecule has 2 aliphatic heterocycles. The van der Waals surface area contributed by atoms with Crippen molar-refractivity contribution in [2.75, 3.05) is 13.2 Å². The lowest BCUT2D eigenvalue weighted by molar-refractivity contribution is -0.392. The second-order valence-corrected chi connectivity index (χ2v) is 5.61. The second-order valence-electron chi connectivity index (χ2n) is 5.61. The van der Waals surface area contributed by atoms with Gasteiger partial charge in [0.15, 0.2) is 12.6 Å². The Bertz CT molecular complexity index is 392. The molecule has 0 amide bonds. The first-order chi connectivity index (χ1) is 11.3. The summed E-state index contributed by atoms with van der Waals surface area (Å²) < 4.78 is 15.3. The minimum atomic E-state index is -1.75. The molecule has 0 saturated carbocycles. The normalized spacial score (nSPS) is 50.0. The first-order valence-corrected chi connectivity index (χ1v) is 7.24. The average Bonchev–Trinajstić information content (AvgIpc) is 2.58. The Morgan fingerprint density at radius 1 is 0.708 bits per heavy atom. The third kappa shape index (κ3) is 3.70. The van der Waals surface area contributed by atoms with Crippen LogP contribution in [0.2, 0.25) is 0 Å². The zero-order valence-corrected chi connectivity index (χ0v) is 12.4. The zero-order chi connectivity index (χ0) is 18.0. The van der Waals surface area contributed by atoms with Gasteiger partial charge in [-0.2, -0.15) is 0 Å². The van der Waals surface area contributed by atoms with Crippen LogP contribution in [-0.2, 0) is 19.1 Å². The summed E-state index contributed by atoms with van der Waals surface area (Å²) in [6.07, 6.45) is -15.6. The zero-order valence-electron chi connectivity index (χ0n) is 12.4. The fourth-order valence-corrected chi connectivity index (χ4v) is 2.69. The van der Waals surface area contributed by atoms with Crippen LogP contribution < -0.4 is 0 Å². The first-order valence-electron chi connectivity index (χ1n) is 7.24. The van der Waals surface area contributed by atoms with Crippen LogP contribution >= 0.6 is 0 Å². The van der Waals surface area contributed by atoms with Gasteiger partial charge < -0.3 is 50.0 Å². The van der Waals surface area contributed by atoms with Crippen LogP contribution in [0.4, 0.5) is 0 Å². The average molecular weight is 358 g/mol. The summed E-state index contributed by atoms with van der Waals surface area (Å²) in [6.45, 7) is -1.38. The lowest BCUT2D eigenvalue weighted by Gasteiger charge is -2.45. The molecule has 0 unspecified atom stereocenters. The molecule has 12 nitrogen and oxygen atoms in total. The van der Waals surface area contributed by atoms with Gasteiger partial charge in [-0.1, -0.05) is 0 Å². The Kier molecular flexibility index (Phi) is 6.83. The minimum absolute atomic E-state index is 0.691. The summed E-state index contributed by atoms with van der Waals surface area (Å²) in [5.74, 6) is 0. The minimum Gasteiger partial charge on any atom is -0.394 e. The molecule has 12 heteroatoms. The molecule has 0 aliphatic carbocycles. The highest BCUT2D eigenvalue weighted by atomic mass is 17.1. The van der Waals surface area contributed by atoms with E-state index in [4.69, 9.17) is 19.5 Å². The Morgan fingerprint density at radius 3 is 1.79 bits per heavy atom. The molecule has 2 aliphatic rings. The fraction of sp³-hybridized carbons (Fsp3) is 1.00. The van der Waals surface area contributed by atoms with Crippen LogP contribution in [0.1, 0.15) is 0 Å². The van der Waals surface area contributed by atoms with Crippen molar-refractivity contribution in [2.45, 2.75) is 61.4 Å². The molecule has 0 aromatic carbocycles. The molecule has 10 atom stereocenters. The van der Waals surface area contributed by atoms with E-state index in [9.17, 15) is 35.7 Å². The number of ether oxygens (including phenoxy) is 3. The summed E-state index contributed by atoms with van der Waals surface area (Å²) in [6, 6.07) is 0. The Morgan fingerprint density at radius 2 is 1.25 bits per heavy atom. The molecule has 2 saturated heterocycles. The number of rotatable bonds is 5. The van der Waals surface area contributed by atoms with Crippen molar-refractivity contribution in [1.82, 2.24) is 0 Å². The maximum absolute atomic E-state index is 9.98. The van der Waals surface area contributed by atoms with Crippen LogP contribution in [0.15, 0.2) is 0 Å². The number of aliphatic hydroxyl groups is 7. The van der Waals surface area contributed by atoms with Crippen molar-refractivity contribution in [1.29, 1.82) is 0 Å². The van der Waals surface area contributed by atoms with E-state index in [0.717, 1.165) is 0 Å². The molecule has 24 heavy (non-hydrogen) atoms. The van der Waals surface area contributed by atoms with Crippen LogP contribution in [0.25, 0.3) is 0 Å². The predicted octanol–water partition coefficient (Wildman–Crippen LogP) is -4.90. The Labute approximate surface area is 135 Å². The van der Waals surface area contributed by atoms with Crippen molar-refractivity contribution < 1.29 is 60.1 Å². The van der Waals surface area contributed by atoms with Gasteiger partial charge in [0, 0.05) is 0 Å². The standard InChI is InChI=1S/C12H22O12/c13-1-3-9(5(15)7(17)11(19)21-3)23-12-8(18)6(16)10(24-20)4(2-14)22-12/h3-20H,1-2H2/t3-,4-,5-,6-,7-,8-,9-,10-,11-,12+/m1/s1. The van der Waals surface area contributed by atoms with Crippen molar-refractivity contribution in [3.05, 3.63) is 0 Å². The molecule has 0 bridgehead atoms. The highest BCUT2D eigenvalue weighted by Gasteiger charge is 2.50. The maximum atomic E-state index is 9.98. The van der Waals surface area contributed by atoms with Crippen molar-refractivity contribution in [3.8, 4) is 0 Å². The highest BCUT2D eigenvalue weighted by molar-refractivity contribution is 4.93. The van der Waals surface area contributed by atoms with Gasteiger partial charge in [-0.15, -0.1) is 0 Å². The molecule has 2 heterocycles. The van der Waals surface area contributed by atoms with E-state index in [2.05, 4.69) is 4.89 Å². The Hall–Kier alpha value is -0.480.